The van der Waals surface area contributed by atoms with Crippen LogP contribution in [0.2, 0.25) is 0 Å². The van der Waals surface area contributed by atoms with Crippen LogP contribution in [0.15, 0.2) is 24.3 Å². The zero-order valence-corrected chi connectivity index (χ0v) is 11.4. The number of nitro groups is 1. The van der Waals surface area contributed by atoms with Gasteiger partial charge in [-0.05, 0) is 24.4 Å². The zero-order chi connectivity index (χ0) is 14.5. The van der Waals surface area contributed by atoms with Gasteiger partial charge in [-0.1, -0.05) is 0 Å². The first-order valence-electron chi connectivity index (χ1n) is 6.00. The maximum absolute atomic E-state index is 12.0. The van der Waals surface area contributed by atoms with Crippen molar-refractivity contribution in [1.82, 2.24) is 10.2 Å². The first kappa shape index (κ1) is 14.4. The van der Waals surface area contributed by atoms with Gasteiger partial charge in [-0.15, -0.1) is 0 Å². The minimum absolute atomic E-state index is 0.0581. The molecule has 1 amide bonds. The fourth-order valence-electron chi connectivity index (χ4n) is 1.75. The van der Waals surface area contributed by atoms with Gasteiger partial charge in [-0.3, -0.25) is 20.2 Å². The molecule has 1 aliphatic rings. The molecule has 20 heavy (non-hydrogen) atoms. The molecule has 0 saturated carbocycles. The topological polar surface area (TPSA) is 84.7 Å². The summed E-state index contributed by atoms with van der Waals surface area (Å²) in [4.78, 5) is 23.8. The number of carbonyl (C=O) groups is 1. The third kappa shape index (κ3) is 3.49. The molecule has 0 spiro atoms. The fourth-order valence-corrected chi connectivity index (χ4v) is 2.02. The number of hydrogen-bond acceptors (Lipinski definition) is 5. The molecule has 0 unspecified atom stereocenters. The lowest BCUT2D eigenvalue weighted by molar-refractivity contribution is -0.384. The van der Waals surface area contributed by atoms with Gasteiger partial charge in [0.25, 0.3) is 11.6 Å². The number of nitrogens with one attached hydrogen (secondary N) is 1. The number of non-ortho nitro benzene ring substituents is 1. The highest BCUT2D eigenvalue weighted by atomic mass is 32.1. The highest BCUT2D eigenvalue weighted by Gasteiger charge is 2.17. The Morgan fingerprint density at radius 1 is 1.30 bits per heavy atom. The summed E-state index contributed by atoms with van der Waals surface area (Å²) in [5.74, 6) is -0.378. The molecule has 1 fully saturated rings. The molecule has 0 atom stereocenters. The number of hydrogen-bond donors (Lipinski definition) is 1. The third-order valence-electron chi connectivity index (χ3n) is 2.86. The predicted octanol–water partition coefficient (Wildman–Crippen LogP) is 0.942. The van der Waals surface area contributed by atoms with E-state index in [1.165, 1.54) is 24.3 Å². The lowest BCUT2D eigenvalue weighted by Crippen LogP contribution is -2.47. The summed E-state index contributed by atoms with van der Waals surface area (Å²) in [5, 5.41) is 13.5. The summed E-state index contributed by atoms with van der Waals surface area (Å²) in [7, 11) is 0. The second kappa shape index (κ2) is 6.40. The molecular weight excluding hydrogens is 282 g/mol. The molecule has 1 aromatic rings. The van der Waals surface area contributed by atoms with Gasteiger partial charge in [-0.2, -0.15) is 0 Å². The van der Waals surface area contributed by atoms with Crippen LogP contribution in [0.3, 0.4) is 0 Å². The van der Waals surface area contributed by atoms with E-state index in [1.54, 1.807) is 0 Å². The Bertz CT molecular complexity index is 526. The Kier molecular flexibility index (Phi) is 4.59. The summed E-state index contributed by atoms with van der Waals surface area (Å²) >= 11 is 5.15. The summed E-state index contributed by atoms with van der Waals surface area (Å²) in [5.41, 5.74) is 0.267. The molecule has 0 aromatic heterocycles. The molecule has 7 nitrogen and oxygen atoms in total. The van der Waals surface area contributed by atoms with Crippen molar-refractivity contribution in [3.63, 3.8) is 0 Å². The molecule has 1 aromatic carbocycles. The van der Waals surface area contributed by atoms with Gasteiger partial charge in [0.2, 0.25) is 0 Å². The van der Waals surface area contributed by atoms with Crippen LogP contribution in [0.5, 0.6) is 0 Å². The molecular formula is C12H13N3O4S. The number of nitrogens with zero attached hydrogens (tertiary/aromatic N) is 2. The molecule has 0 radical (unpaired) electrons. The fraction of sp³-hybridized carbons (Fsp3) is 0.333. The van der Waals surface area contributed by atoms with E-state index in [2.05, 4.69) is 5.32 Å². The first-order valence-corrected chi connectivity index (χ1v) is 6.41. The number of thiocarbonyl (C=S) groups is 1. The molecule has 8 heteroatoms. The van der Waals surface area contributed by atoms with Crippen molar-refractivity contribution in [3.05, 3.63) is 39.9 Å². The van der Waals surface area contributed by atoms with E-state index in [0.717, 1.165) is 0 Å². The Hall–Kier alpha value is -2.06. The van der Waals surface area contributed by atoms with Gasteiger partial charge in [0.1, 0.15) is 0 Å². The van der Waals surface area contributed by atoms with Crippen LogP contribution < -0.4 is 5.32 Å². The van der Waals surface area contributed by atoms with Crippen molar-refractivity contribution in [2.45, 2.75) is 0 Å². The summed E-state index contributed by atoms with van der Waals surface area (Å²) < 4.78 is 5.20. The van der Waals surface area contributed by atoms with Crippen LogP contribution in [0.4, 0.5) is 5.69 Å². The molecule has 2 rings (SSSR count). The van der Waals surface area contributed by atoms with Gasteiger partial charge in [-0.25, -0.2) is 0 Å². The maximum Gasteiger partial charge on any atom is 0.269 e. The zero-order valence-electron chi connectivity index (χ0n) is 10.6. The van der Waals surface area contributed by atoms with E-state index < -0.39 is 4.92 Å². The molecule has 1 heterocycles. The average Bonchev–Trinajstić information content (AvgIpc) is 2.48. The van der Waals surface area contributed by atoms with Crippen molar-refractivity contribution in [1.29, 1.82) is 0 Å². The predicted molar refractivity (Wildman–Crippen MR) is 75.6 cm³/mol. The lowest BCUT2D eigenvalue weighted by atomic mass is 10.2. The highest BCUT2D eigenvalue weighted by Crippen LogP contribution is 2.11. The number of nitro benzene ring substituents is 1. The van der Waals surface area contributed by atoms with Crippen LogP contribution in [0, 0.1) is 10.1 Å². The van der Waals surface area contributed by atoms with Gasteiger partial charge in [0.05, 0.1) is 18.1 Å². The highest BCUT2D eigenvalue weighted by molar-refractivity contribution is 7.80. The largest absolute Gasteiger partial charge is 0.378 e. The van der Waals surface area contributed by atoms with Gasteiger partial charge < -0.3 is 9.64 Å². The van der Waals surface area contributed by atoms with Gasteiger partial charge >= 0.3 is 0 Å². The molecule has 0 aliphatic carbocycles. The van der Waals surface area contributed by atoms with Crippen molar-refractivity contribution in [2.24, 2.45) is 0 Å². The van der Waals surface area contributed by atoms with E-state index in [9.17, 15) is 14.9 Å². The minimum Gasteiger partial charge on any atom is -0.378 e. The smallest absolute Gasteiger partial charge is 0.269 e. The van der Waals surface area contributed by atoms with Crippen molar-refractivity contribution >= 4 is 28.9 Å². The van der Waals surface area contributed by atoms with E-state index in [1.807, 2.05) is 4.90 Å². The molecule has 1 saturated heterocycles. The summed E-state index contributed by atoms with van der Waals surface area (Å²) in [6, 6.07) is 5.37. The normalized spacial score (nSPS) is 14.7. The number of rotatable bonds is 2. The number of morpholine rings is 1. The average molecular weight is 295 g/mol. The van der Waals surface area contributed by atoms with Crippen molar-refractivity contribution in [2.75, 3.05) is 26.3 Å². The second-order valence-corrected chi connectivity index (χ2v) is 4.55. The monoisotopic (exact) mass is 295 g/mol. The first-order chi connectivity index (χ1) is 9.58. The van der Waals surface area contributed by atoms with Gasteiger partial charge in [0, 0.05) is 30.8 Å². The molecule has 0 bridgehead atoms. The van der Waals surface area contributed by atoms with Gasteiger partial charge in [0.15, 0.2) is 5.11 Å². The second-order valence-electron chi connectivity index (χ2n) is 4.16. The quantitative estimate of drug-likeness (QED) is 0.496. The van der Waals surface area contributed by atoms with Crippen molar-refractivity contribution < 1.29 is 14.5 Å². The standard InChI is InChI=1S/C12H13N3O4S/c16-11(9-1-3-10(4-2-9)15(17)18)13-12(20)14-5-7-19-8-6-14/h1-4H,5-8H2,(H,13,16,20). The lowest BCUT2D eigenvalue weighted by Gasteiger charge is -2.28. The molecule has 1 aliphatic heterocycles. The number of amides is 1. The van der Waals surface area contributed by atoms with E-state index >= 15 is 0 Å². The SMILES string of the molecule is O=C(NC(=S)N1CCOCC1)c1ccc([N+](=O)[O-])cc1. The minimum atomic E-state index is -0.514. The molecule has 1 N–H and O–H groups in total. The number of ether oxygens (including phenoxy) is 1. The Labute approximate surface area is 120 Å². The Morgan fingerprint density at radius 2 is 1.90 bits per heavy atom. The van der Waals surface area contributed by atoms with Crippen LogP contribution in [0.25, 0.3) is 0 Å². The van der Waals surface area contributed by atoms with Crippen LogP contribution in [-0.4, -0.2) is 47.1 Å². The molecule has 106 valence electrons. The summed E-state index contributed by atoms with van der Waals surface area (Å²) in [6.45, 7) is 2.43. The van der Waals surface area contributed by atoms with Crippen LogP contribution >= 0.6 is 12.2 Å². The Morgan fingerprint density at radius 3 is 2.45 bits per heavy atom. The van der Waals surface area contributed by atoms with Crippen LogP contribution in [0.1, 0.15) is 10.4 Å². The maximum atomic E-state index is 12.0. The number of benzene rings is 1. The van der Waals surface area contributed by atoms with Crippen molar-refractivity contribution in [3.8, 4) is 0 Å². The number of carbonyl (C=O) groups excluding carboxylic acids is 1. The van der Waals surface area contributed by atoms with E-state index in [4.69, 9.17) is 17.0 Å². The Balaban J connectivity index is 1.96. The summed E-state index contributed by atoms with van der Waals surface area (Å²) in [6.07, 6.45) is 0. The van der Waals surface area contributed by atoms with Crippen LogP contribution in [-0.2, 0) is 4.74 Å². The third-order valence-corrected chi connectivity index (χ3v) is 3.22. The van der Waals surface area contributed by atoms with E-state index in [0.29, 0.717) is 37.0 Å². The van der Waals surface area contributed by atoms with E-state index in [-0.39, 0.29) is 11.6 Å².